The van der Waals surface area contributed by atoms with E-state index in [-0.39, 0.29) is 0 Å². The Hall–Kier alpha value is -1.82. The predicted molar refractivity (Wildman–Crippen MR) is 84.6 cm³/mol. The molecule has 0 saturated carbocycles. The molecule has 1 aromatic rings. The molecule has 3 N–H and O–H groups in total. The number of rotatable bonds is 1. The largest absolute Gasteiger partial charge is 0.443 e. The molecular formula is C14H21N3O2S. The van der Waals surface area contributed by atoms with Crippen LogP contribution in [0.2, 0.25) is 0 Å². The average molecular weight is 295 g/mol. The highest BCUT2D eigenvalue weighted by atomic mass is 32.1. The van der Waals surface area contributed by atoms with Gasteiger partial charge in [0.05, 0.1) is 0 Å². The number of carbonyl (C=O) groups excluding carboxylic acids is 1. The molecule has 0 aromatic heterocycles. The number of hydrazine groups is 1. The summed E-state index contributed by atoms with van der Waals surface area (Å²) >= 11 is 5.11. The Morgan fingerprint density at radius 1 is 1.20 bits per heavy atom. The lowest BCUT2D eigenvalue weighted by molar-refractivity contribution is 0.0513. The third-order valence-electron chi connectivity index (χ3n) is 2.53. The molecule has 5 nitrogen and oxygen atoms in total. The van der Waals surface area contributed by atoms with Crippen molar-refractivity contribution < 1.29 is 9.53 Å². The first-order valence-corrected chi connectivity index (χ1v) is 6.72. The number of hydrogen-bond donors (Lipinski definition) is 3. The number of nitrogens with one attached hydrogen (secondary N) is 3. The van der Waals surface area contributed by atoms with Crippen molar-refractivity contribution in [3.8, 4) is 0 Å². The molecule has 1 amide bonds. The number of hydrogen-bond acceptors (Lipinski definition) is 3. The molecule has 0 spiro atoms. The maximum atomic E-state index is 11.5. The number of thiocarbonyl (C=S) groups is 1. The summed E-state index contributed by atoms with van der Waals surface area (Å²) in [5, 5.41) is 3.32. The minimum Gasteiger partial charge on any atom is -0.443 e. The summed E-state index contributed by atoms with van der Waals surface area (Å²) in [6, 6.07) is 5.88. The van der Waals surface area contributed by atoms with Gasteiger partial charge in [0.2, 0.25) is 0 Å². The highest BCUT2D eigenvalue weighted by Gasteiger charge is 2.16. The van der Waals surface area contributed by atoms with Crippen LogP contribution in [0.15, 0.2) is 18.2 Å². The van der Waals surface area contributed by atoms with E-state index in [0.717, 1.165) is 16.8 Å². The Balaban J connectivity index is 2.49. The minimum absolute atomic E-state index is 0.296. The van der Waals surface area contributed by atoms with E-state index in [4.69, 9.17) is 17.0 Å². The standard InChI is InChI=1S/C14H21N3O2S/c1-9-7-6-8-11(10(9)2)15-12(20)16-17-13(18)19-14(3,4)5/h6-8H,1-5H3,(H,17,18)(H2,15,16,20). The predicted octanol–water partition coefficient (Wildman–Crippen LogP) is 3.03. The van der Waals surface area contributed by atoms with Gasteiger partial charge in [0, 0.05) is 5.69 Å². The second kappa shape index (κ2) is 6.56. The van der Waals surface area contributed by atoms with Crippen LogP contribution in [0.1, 0.15) is 31.9 Å². The maximum absolute atomic E-state index is 11.5. The second-order valence-electron chi connectivity index (χ2n) is 5.45. The summed E-state index contributed by atoms with van der Waals surface area (Å²) in [6.45, 7) is 9.40. The van der Waals surface area contributed by atoms with Crippen molar-refractivity contribution in [1.82, 2.24) is 10.9 Å². The van der Waals surface area contributed by atoms with Crippen LogP contribution in [0.25, 0.3) is 0 Å². The molecule has 0 aliphatic rings. The molecule has 0 aliphatic carbocycles. The zero-order valence-electron chi connectivity index (χ0n) is 12.5. The lowest BCUT2D eigenvalue weighted by atomic mass is 10.1. The van der Waals surface area contributed by atoms with E-state index in [1.807, 2.05) is 32.0 Å². The summed E-state index contributed by atoms with van der Waals surface area (Å²) in [6.07, 6.45) is -0.581. The molecule has 110 valence electrons. The van der Waals surface area contributed by atoms with Crippen LogP contribution < -0.4 is 16.2 Å². The van der Waals surface area contributed by atoms with Crippen molar-refractivity contribution in [1.29, 1.82) is 0 Å². The van der Waals surface area contributed by atoms with Gasteiger partial charge in [-0.25, -0.2) is 10.2 Å². The topological polar surface area (TPSA) is 62.4 Å². The molecule has 0 fully saturated rings. The minimum atomic E-state index is -0.581. The molecule has 1 aromatic carbocycles. The van der Waals surface area contributed by atoms with E-state index in [0.29, 0.717) is 5.11 Å². The fourth-order valence-corrected chi connectivity index (χ4v) is 1.61. The summed E-state index contributed by atoms with van der Waals surface area (Å²) < 4.78 is 5.08. The highest BCUT2D eigenvalue weighted by molar-refractivity contribution is 7.80. The molecule has 1 rings (SSSR count). The van der Waals surface area contributed by atoms with Gasteiger partial charge in [0.25, 0.3) is 0 Å². The lowest BCUT2D eigenvalue weighted by Crippen LogP contribution is -2.46. The van der Waals surface area contributed by atoms with E-state index in [1.165, 1.54) is 0 Å². The summed E-state index contributed by atoms with van der Waals surface area (Å²) in [5.41, 5.74) is 7.59. The Bertz CT molecular complexity index is 510. The molecular weight excluding hydrogens is 274 g/mol. The van der Waals surface area contributed by atoms with Gasteiger partial charge in [0.1, 0.15) is 5.60 Å². The fraction of sp³-hybridized carbons (Fsp3) is 0.429. The van der Waals surface area contributed by atoms with E-state index >= 15 is 0 Å². The molecule has 0 aliphatic heterocycles. The van der Waals surface area contributed by atoms with Gasteiger partial charge < -0.3 is 10.1 Å². The van der Waals surface area contributed by atoms with Gasteiger partial charge in [-0.2, -0.15) is 0 Å². The van der Waals surface area contributed by atoms with Crippen molar-refractivity contribution in [2.45, 2.75) is 40.2 Å². The molecule has 0 saturated heterocycles. The van der Waals surface area contributed by atoms with Crippen molar-refractivity contribution in [3.63, 3.8) is 0 Å². The lowest BCUT2D eigenvalue weighted by Gasteiger charge is -2.20. The van der Waals surface area contributed by atoms with Crippen molar-refractivity contribution in [2.75, 3.05) is 5.32 Å². The smallest absolute Gasteiger partial charge is 0.426 e. The zero-order valence-corrected chi connectivity index (χ0v) is 13.3. The first-order chi connectivity index (χ1) is 9.19. The first-order valence-electron chi connectivity index (χ1n) is 6.31. The summed E-state index contributed by atoms with van der Waals surface area (Å²) in [4.78, 5) is 11.5. The second-order valence-corrected chi connectivity index (χ2v) is 5.86. The van der Waals surface area contributed by atoms with E-state index < -0.39 is 11.7 Å². The Labute approximate surface area is 125 Å². The van der Waals surface area contributed by atoms with E-state index in [1.54, 1.807) is 20.8 Å². The van der Waals surface area contributed by atoms with Crippen molar-refractivity contribution in [3.05, 3.63) is 29.3 Å². The quantitative estimate of drug-likeness (QED) is 0.549. The summed E-state index contributed by atoms with van der Waals surface area (Å²) in [7, 11) is 0. The fourth-order valence-electron chi connectivity index (χ4n) is 1.45. The van der Waals surface area contributed by atoms with Crippen LogP contribution in [0.5, 0.6) is 0 Å². The number of anilines is 1. The van der Waals surface area contributed by atoms with Gasteiger partial charge in [0.15, 0.2) is 5.11 Å². The molecule has 0 heterocycles. The molecule has 0 unspecified atom stereocenters. The molecule has 0 radical (unpaired) electrons. The number of amides is 1. The number of benzene rings is 1. The maximum Gasteiger partial charge on any atom is 0.426 e. The third kappa shape index (κ3) is 5.44. The van der Waals surface area contributed by atoms with Crippen molar-refractivity contribution in [2.24, 2.45) is 0 Å². The van der Waals surface area contributed by atoms with Gasteiger partial charge in [-0.15, -0.1) is 0 Å². The molecule has 20 heavy (non-hydrogen) atoms. The van der Waals surface area contributed by atoms with Crippen LogP contribution in [-0.4, -0.2) is 16.8 Å². The molecule has 6 heteroatoms. The Morgan fingerprint density at radius 2 is 1.85 bits per heavy atom. The van der Waals surface area contributed by atoms with Crippen molar-refractivity contribution >= 4 is 29.1 Å². The van der Waals surface area contributed by atoms with Crippen LogP contribution >= 0.6 is 12.2 Å². The monoisotopic (exact) mass is 295 g/mol. The average Bonchev–Trinajstić information content (AvgIpc) is 2.30. The van der Waals surface area contributed by atoms with Gasteiger partial charge in [-0.1, -0.05) is 12.1 Å². The first kappa shape index (κ1) is 16.2. The van der Waals surface area contributed by atoms with Crippen LogP contribution in [0.4, 0.5) is 10.5 Å². The SMILES string of the molecule is Cc1cccc(NC(=S)NNC(=O)OC(C)(C)C)c1C. The highest BCUT2D eigenvalue weighted by Crippen LogP contribution is 2.17. The molecule has 0 bridgehead atoms. The van der Waals surface area contributed by atoms with Gasteiger partial charge in [-0.3, -0.25) is 5.43 Å². The Morgan fingerprint density at radius 3 is 2.45 bits per heavy atom. The van der Waals surface area contributed by atoms with Gasteiger partial charge >= 0.3 is 6.09 Å². The van der Waals surface area contributed by atoms with E-state index in [9.17, 15) is 4.79 Å². The zero-order chi connectivity index (χ0) is 15.3. The van der Waals surface area contributed by atoms with Gasteiger partial charge in [-0.05, 0) is 64.0 Å². The number of aryl methyl sites for hydroxylation is 1. The third-order valence-corrected chi connectivity index (χ3v) is 2.73. The number of carbonyl (C=O) groups is 1. The van der Waals surface area contributed by atoms with Crippen LogP contribution in [0, 0.1) is 13.8 Å². The Kier molecular flexibility index (Phi) is 5.33. The molecule has 0 atom stereocenters. The van der Waals surface area contributed by atoms with Crippen LogP contribution in [0.3, 0.4) is 0 Å². The number of ether oxygens (including phenoxy) is 1. The normalized spacial score (nSPS) is 10.7. The van der Waals surface area contributed by atoms with E-state index in [2.05, 4.69) is 16.2 Å². The van der Waals surface area contributed by atoms with Crippen LogP contribution in [-0.2, 0) is 4.74 Å². The summed E-state index contributed by atoms with van der Waals surface area (Å²) in [5.74, 6) is 0.